The number of benzene rings is 2. The summed E-state index contributed by atoms with van der Waals surface area (Å²) < 4.78 is 30.9. The lowest BCUT2D eigenvalue weighted by atomic mass is 10.1. The van der Waals surface area contributed by atoms with E-state index < -0.39 is 10.0 Å². The molecule has 2 aromatic carbocycles. The number of hydrogen-bond donors (Lipinski definition) is 1. The molecule has 8 heteroatoms. The molecule has 1 amide bonds. The molecule has 0 bridgehead atoms. The largest absolute Gasteiger partial charge is 0.484 e. The molecule has 0 spiro atoms. The maximum atomic E-state index is 12.2. The normalized spacial score (nSPS) is 15.7. The molecule has 1 aliphatic heterocycles. The molecular weight excluding hydrogens is 376 g/mol. The van der Waals surface area contributed by atoms with Crippen LogP contribution in [-0.2, 0) is 14.8 Å². The number of carbonyl (C=O) groups is 1. The van der Waals surface area contributed by atoms with E-state index in [1.54, 1.807) is 42.5 Å². The van der Waals surface area contributed by atoms with Crippen LogP contribution in [0.25, 0.3) is 0 Å². The second-order valence-electron chi connectivity index (χ2n) is 6.03. The lowest BCUT2D eigenvalue weighted by Crippen LogP contribution is -2.25. The molecule has 1 aliphatic rings. The van der Waals surface area contributed by atoms with Crippen LogP contribution in [0.2, 0.25) is 5.02 Å². The molecule has 0 unspecified atom stereocenters. The zero-order valence-electron chi connectivity index (χ0n) is 14.2. The second kappa shape index (κ2) is 7.55. The highest BCUT2D eigenvalue weighted by molar-refractivity contribution is 7.93. The highest BCUT2D eigenvalue weighted by atomic mass is 35.5. The smallest absolute Gasteiger partial charge is 0.262 e. The lowest BCUT2D eigenvalue weighted by molar-refractivity contribution is -0.118. The van der Waals surface area contributed by atoms with E-state index in [1.807, 2.05) is 6.92 Å². The van der Waals surface area contributed by atoms with Crippen LogP contribution in [0.3, 0.4) is 0 Å². The summed E-state index contributed by atoms with van der Waals surface area (Å²) in [7, 11) is -3.26. The molecule has 1 heterocycles. The van der Waals surface area contributed by atoms with E-state index >= 15 is 0 Å². The molecule has 138 valence electrons. The first-order valence-corrected chi connectivity index (χ1v) is 10.1. The Kier molecular flexibility index (Phi) is 5.38. The molecule has 0 aliphatic carbocycles. The Morgan fingerprint density at radius 3 is 2.62 bits per heavy atom. The van der Waals surface area contributed by atoms with Crippen molar-refractivity contribution in [1.82, 2.24) is 0 Å². The Morgan fingerprint density at radius 1 is 1.23 bits per heavy atom. The Balaban J connectivity index is 1.68. The fraction of sp³-hybridized carbons (Fsp3) is 0.278. The number of anilines is 2. The van der Waals surface area contributed by atoms with Gasteiger partial charge in [-0.15, -0.1) is 0 Å². The molecule has 1 N–H and O–H groups in total. The van der Waals surface area contributed by atoms with E-state index in [0.717, 1.165) is 5.56 Å². The Morgan fingerprint density at radius 2 is 1.96 bits per heavy atom. The first-order chi connectivity index (χ1) is 12.3. The second-order valence-corrected chi connectivity index (χ2v) is 8.48. The summed E-state index contributed by atoms with van der Waals surface area (Å²) >= 11 is 5.81. The van der Waals surface area contributed by atoms with E-state index in [2.05, 4.69) is 5.32 Å². The zero-order valence-corrected chi connectivity index (χ0v) is 15.8. The van der Waals surface area contributed by atoms with Gasteiger partial charge in [0.2, 0.25) is 10.0 Å². The number of aryl methyl sites for hydroxylation is 1. The number of nitrogens with one attached hydrogen (secondary N) is 1. The summed E-state index contributed by atoms with van der Waals surface area (Å²) in [6.07, 6.45) is 0.604. The molecule has 26 heavy (non-hydrogen) atoms. The number of sulfonamides is 1. The predicted molar refractivity (Wildman–Crippen MR) is 103 cm³/mol. The minimum absolute atomic E-state index is 0.150. The van der Waals surface area contributed by atoms with Gasteiger partial charge < -0.3 is 10.1 Å². The summed E-state index contributed by atoms with van der Waals surface area (Å²) in [5, 5.41) is 3.36. The zero-order chi connectivity index (χ0) is 18.7. The number of carbonyl (C=O) groups excluding carboxylic acids is 1. The van der Waals surface area contributed by atoms with Crippen molar-refractivity contribution in [3.05, 3.63) is 53.1 Å². The molecule has 1 fully saturated rings. The Hall–Kier alpha value is -2.25. The monoisotopic (exact) mass is 394 g/mol. The van der Waals surface area contributed by atoms with E-state index in [4.69, 9.17) is 16.3 Å². The third kappa shape index (κ3) is 4.28. The van der Waals surface area contributed by atoms with Crippen LogP contribution >= 0.6 is 11.6 Å². The first kappa shape index (κ1) is 18.5. The average molecular weight is 395 g/mol. The number of ether oxygens (including phenoxy) is 1. The number of nitrogens with zero attached hydrogens (tertiary/aromatic N) is 1. The molecule has 0 radical (unpaired) electrons. The summed E-state index contributed by atoms with van der Waals surface area (Å²) in [5.74, 6) is 0.361. The van der Waals surface area contributed by atoms with Gasteiger partial charge in [0.05, 0.1) is 11.4 Å². The van der Waals surface area contributed by atoms with Gasteiger partial charge in [0.1, 0.15) is 5.75 Å². The third-order valence-electron chi connectivity index (χ3n) is 4.07. The van der Waals surface area contributed by atoms with Gasteiger partial charge in [-0.2, -0.15) is 0 Å². The van der Waals surface area contributed by atoms with Gasteiger partial charge in [0.15, 0.2) is 6.61 Å². The van der Waals surface area contributed by atoms with Gasteiger partial charge in [-0.05, 0) is 55.3 Å². The van der Waals surface area contributed by atoms with Crippen molar-refractivity contribution in [2.75, 3.05) is 28.5 Å². The van der Waals surface area contributed by atoms with Gasteiger partial charge in [0, 0.05) is 17.3 Å². The van der Waals surface area contributed by atoms with Crippen molar-refractivity contribution in [3.63, 3.8) is 0 Å². The molecular formula is C18H19ClN2O4S. The summed E-state index contributed by atoms with van der Waals surface area (Å²) in [6.45, 7) is 2.14. The quantitative estimate of drug-likeness (QED) is 0.844. The maximum Gasteiger partial charge on any atom is 0.262 e. The molecule has 1 saturated heterocycles. The first-order valence-electron chi connectivity index (χ1n) is 8.14. The van der Waals surface area contributed by atoms with E-state index in [9.17, 15) is 13.2 Å². The summed E-state index contributed by atoms with van der Waals surface area (Å²) in [5.41, 5.74) is 1.96. The van der Waals surface area contributed by atoms with Crippen LogP contribution in [0.4, 0.5) is 11.4 Å². The maximum absolute atomic E-state index is 12.2. The third-order valence-corrected chi connectivity index (χ3v) is 6.19. The van der Waals surface area contributed by atoms with Crippen LogP contribution in [0, 0.1) is 6.92 Å². The molecule has 6 nitrogen and oxygen atoms in total. The number of rotatable bonds is 5. The number of halogens is 1. The summed E-state index contributed by atoms with van der Waals surface area (Å²) in [4.78, 5) is 12.2. The fourth-order valence-electron chi connectivity index (χ4n) is 2.70. The van der Waals surface area contributed by atoms with E-state index in [1.165, 1.54) is 4.31 Å². The summed E-state index contributed by atoms with van der Waals surface area (Å²) in [6, 6.07) is 11.9. The van der Waals surface area contributed by atoms with Crippen molar-refractivity contribution < 1.29 is 17.9 Å². The van der Waals surface area contributed by atoms with Crippen molar-refractivity contribution in [2.45, 2.75) is 13.3 Å². The topological polar surface area (TPSA) is 75.7 Å². The van der Waals surface area contributed by atoms with Crippen molar-refractivity contribution in [2.24, 2.45) is 0 Å². The van der Waals surface area contributed by atoms with Gasteiger partial charge >= 0.3 is 0 Å². The molecule has 2 aromatic rings. The van der Waals surface area contributed by atoms with Crippen LogP contribution in [0.1, 0.15) is 12.0 Å². The van der Waals surface area contributed by atoms with Crippen LogP contribution < -0.4 is 14.4 Å². The Bertz CT molecular complexity index is 913. The minimum Gasteiger partial charge on any atom is -0.484 e. The predicted octanol–water partition coefficient (Wildman–Crippen LogP) is 3.21. The molecule has 0 atom stereocenters. The molecule has 0 aromatic heterocycles. The van der Waals surface area contributed by atoms with Crippen LogP contribution in [0.15, 0.2) is 42.5 Å². The van der Waals surface area contributed by atoms with Crippen LogP contribution in [0.5, 0.6) is 5.75 Å². The van der Waals surface area contributed by atoms with Gasteiger partial charge in [-0.3, -0.25) is 9.10 Å². The highest BCUT2D eigenvalue weighted by Crippen LogP contribution is 2.28. The van der Waals surface area contributed by atoms with E-state index in [-0.39, 0.29) is 18.3 Å². The highest BCUT2D eigenvalue weighted by Gasteiger charge is 2.28. The molecule has 3 rings (SSSR count). The van der Waals surface area contributed by atoms with Crippen molar-refractivity contribution in [3.8, 4) is 5.75 Å². The SMILES string of the molecule is Cc1ccc(N2CCCS2(=O)=O)cc1NC(=O)COc1ccc(Cl)cc1. The lowest BCUT2D eigenvalue weighted by Gasteiger charge is -2.19. The fourth-order valence-corrected chi connectivity index (χ4v) is 4.38. The standard InChI is InChI=1S/C18H19ClN2O4S/c1-13-3-6-15(21-9-2-10-26(21,23)24)11-17(13)20-18(22)12-25-16-7-4-14(19)5-8-16/h3-8,11H,2,9-10,12H2,1H3,(H,20,22). The number of amides is 1. The Labute approximate surface area is 157 Å². The molecule has 0 saturated carbocycles. The van der Waals surface area contributed by atoms with Crippen molar-refractivity contribution in [1.29, 1.82) is 0 Å². The van der Waals surface area contributed by atoms with Gasteiger partial charge in [0.25, 0.3) is 5.91 Å². The van der Waals surface area contributed by atoms with Gasteiger partial charge in [-0.25, -0.2) is 8.42 Å². The average Bonchev–Trinajstić information content (AvgIpc) is 2.95. The van der Waals surface area contributed by atoms with Gasteiger partial charge in [-0.1, -0.05) is 17.7 Å². The van der Waals surface area contributed by atoms with Crippen molar-refractivity contribution >= 4 is 38.9 Å². The van der Waals surface area contributed by atoms with Crippen LogP contribution in [-0.4, -0.2) is 33.2 Å². The minimum atomic E-state index is -3.26. The van der Waals surface area contributed by atoms with E-state index in [0.29, 0.717) is 35.1 Å². The number of hydrogen-bond acceptors (Lipinski definition) is 4.